The van der Waals surface area contributed by atoms with Gasteiger partial charge in [-0.3, -0.25) is 23.4 Å². The summed E-state index contributed by atoms with van der Waals surface area (Å²) in [5.41, 5.74) is 0. The van der Waals surface area contributed by atoms with E-state index in [0.29, 0.717) is 19.3 Å². The van der Waals surface area contributed by atoms with Crippen LogP contribution in [0.15, 0.2) is 24.3 Å². The van der Waals surface area contributed by atoms with Crippen LogP contribution in [0.4, 0.5) is 0 Å². The van der Waals surface area contributed by atoms with Gasteiger partial charge in [0.2, 0.25) is 0 Å². The standard InChI is InChI=1S/C58H109O11P/c1-4-7-10-13-16-19-22-25-26-27-28-31-32-35-38-41-44-47-56(60)65-51-55(69-58(62)49-46-43-40-37-34-30-24-21-18-15-12-9-6-3)53-67-70(63,64)66-52-54(50-59)68-57(61)48-45-42-39-36-33-29-23-20-17-14-11-8-5-2/h12,15,21,24,54-55,59H,4-11,13-14,16-20,22-23,25-53H2,1-3H3,(H,63,64)/b15-12-,24-21-. The van der Waals surface area contributed by atoms with Crippen molar-refractivity contribution in [3.63, 3.8) is 0 Å². The largest absolute Gasteiger partial charge is 0.472 e. The van der Waals surface area contributed by atoms with Gasteiger partial charge in [-0.25, -0.2) is 4.57 Å². The van der Waals surface area contributed by atoms with Crippen LogP contribution in [0.5, 0.6) is 0 Å². The molecule has 2 N–H and O–H groups in total. The number of phosphoric acid groups is 1. The second kappa shape index (κ2) is 53.3. The maximum atomic E-state index is 12.9. The van der Waals surface area contributed by atoms with Crippen molar-refractivity contribution in [3.8, 4) is 0 Å². The van der Waals surface area contributed by atoms with Gasteiger partial charge in [0, 0.05) is 19.3 Å². The average Bonchev–Trinajstić information content (AvgIpc) is 3.35. The number of rotatable bonds is 55. The fourth-order valence-corrected chi connectivity index (χ4v) is 9.18. The van der Waals surface area contributed by atoms with E-state index in [9.17, 15) is 28.9 Å². The number of aliphatic hydroxyl groups excluding tert-OH is 1. The SMILES string of the molecule is CCC/C=C\C/C=C\CCCCCCCC(=O)OC(COC(=O)CCCCCCCCCCCCCCCCCCC)COP(=O)(O)OCC(CO)OC(=O)CCCCCCCCCCCCCCC. The number of hydrogen-bond donors (Lipinski definition) is 2. The van der Waals surface area contributed by atoms with Crippen molar-refractivity contribution >= 4 is 25.7 Å². The summed E-state index contributed by atoms with van der Waals surface area (Å²) in [4.78, 5) is 48.5. The summed E-state index contributed by atoms with van der Waals surface area (Å²) in [7, 11) is -4.74. The minimum atomic E-state index is -4.74. The number of carbonyl (C=O) groups is 3. The third-order valence-electron chi connectivity index (χ3n) is 12.9. The molecule has 0 amide bonds. The highest BCUT2D eigenvalue weighted by Gasteiger charge is 2.28. The molecule has 0 saturated heterocycles. The zero-order valence-corrected chi connectivity index (χ0v) is 46.4. The molecule has 0 radical (unpaired) electrons. The van der Waals surface area contributed by atoms with E-state index < -0.39 is 57.8 Å². The minimum absolute atomic E-state index is 0.157. The van der Waals surface area contributed by atoms with Gasteiger partial charge in [0.25, 0.3) is 0 Å². The third-order valence-corrected chi connectivity index (χ3v) is 13.8. The zero-order chi connectivity index (χ0) is 51.3. The first-order valence-electron chi connectivity index (χ1n) is 29.2. The Balaban J connectivity index is 4.67. The number of aliphatic hydroxyl groups is 1. The molecule has 0 aromatic carbocycles. The van der Waals surface area contributed by atoms with Crippen LogP contribution in [0.3, 0.4) is 0 Å². The first-order chi connectivity index (χ1) is 34.2. The predicted octanol–water partition coefficient (Wildman–Crippen LogP) is 17.0. The van der Waals surface area contributed by atoms with Gasteiger partial charge in [-0.1, -0.05) is 251 Å². The van der Waals surface area contributed by atoms with Gasteiger partial charge in [-0.15, -0.1) is 0 Å². The van der Waals surface area contributed by atoms with E-state index in [-0.39, 0.29) is 25.9 Å². The summed E-state index contributed by atoms with van der Waals surface area (Å²) in [5, 5.41) is 9.80. The third kappa shape index (κ3) is 50.9. The maximum Gasteiger partial charge on any atom is 0.472 e. The van der Waals surface area contributed by atoms with Crippen LogP contribution in [-0.2, 0) is 42.2 Å². The van der Waals surface area contributed by atoms with Gasteiger partial charge in [-0.2, -0.15) is 0 Å². The van der Waals surface area contributed by atoms with Gasteiger partial charge in [-0.05, 0) is 44.9 Å². The molecule has 0 bridgehead atoms. The summed E-state index contributed by atoms with van der Waals surface area (Å²) < 4.78 is 39.5. The van der Waals surface area contributed by atoms with Crippen LogP contribution >= 0.6 is 7.82 Å². The Morgan fingerprint density at radius 2 is 0.729 bits per heavy atom. The Morgan fingerprint density at radius 3 is 1.11 bits per heavy atom. The Kier molecular flexibility index (Phi) is 51.7. The number of carbonyl (C=O) groups excluding carboxylic acids is 3. The summed E-state index contributed by atoms with van der Waals surface area (Å²) >= 11 is 0. The van der Waals surface area contributed by atoms with E-state index >= 15 is 0 Å². The molecule has 70 heavy (non-hydrogen) atoms. The molecule has 11 nitrogen and oxygen atoms in total. The van der Waals surface area contributed by atoms with E-state index in [1.165, 1.54) is 148 Å². The second-order valence-electron chi connectivity index (χ2n) is 19.8. The lowest BCUT2D eigenvalue weighted by Gasteiger charge is -2.21. The quantitative estimate of drug-likeness (QED) is 0.0197. The molecule has 0 aromatic heterocycles. The monoisotopic (exact) mass is 1010 g/mol. The highest BCUT2D eigenvalue weighted by atomic mass is 31.2. The fraction of sp³-hybridized carbons (Fsp3) is 0.879. The van der Waals surface area contributed by atoms with E-state index in [2.05, 4.69) is 45.1 Å². The molecular formula is C58H109O11P. The summed E-state index contributed by atoms with van der Waals surface area (Å²) in [6.07, 6.45) is 52.8. The van der Waals surface area contributed by atoms with Crippen molar-refractivity contribution in [2.75, 3.05) is 26.4 Å². The highest BCUT2D eigenvalue weighted by Crippen LogP contribution is 2.43. The van der Waals surface area contributed by atoms with Gasteiger partial charge >= 0.3 is 25.7 Å². The van der Waals surface area contributed by atoms with Crippen LogP contribution < -0.4 is 0 Å². The van der Waals surface area contributed by atoms with Crippen molar-refractivity contribution < 1.29 is 52.2 Å². The fourth-order valence-electron chi connectivity index (χ4n) is 8.40. The summed E-state index contributed by atoms with van der Waals surface area (Å²) in [5.74, 6) is -1.46. The number of hydrogen-bond acceptors (Lipinski definition) is 10. The molecule has 0 aromatic rings. The summed E-state index contributed by atoms with van der Waals surface area (Å²) in [6, 6.07) is 0. The van der Waals surface area contributed by atoms with Gasteiger partial charge < -0.3 is 24.2 Å². The molecule has 0 aliphatic carbocycles. The Bertz CT molecular complexity index is 1270. The normalized spacial score (nSPS) is 13.5. The van der Waals surface area contributed by atoms with Crippen LogP contribution in [0.2, 0.25) is 0 Å². The molecule has 0 saturated carbocycles. The first-order valence-corrected chi connectivity index (χ1v) is 30.7. The van der Waals surface area contributed by atoms with E-state index in [4.69, 9.17) is 23.3 Å². The molecule has 3 unspecified atom stereocenters. The molecule has 0 heterocycles. The molecule has 3 atom stereocenters. The van der Waals surface area contributed by atoms with E-state index in [1.807, 2.05) is 0 Å². The molecule has 0 rings (SSSR count). The van der Waals surface area contributed by atoms with Crippen molar-refractivity contribution in [2.24, 2.45) is 0 Å². The topological polar surface area (TPSA) is 155 Å². The second-order valence-corrected chi connectivity index (χ2v) is 21.3. The lowest BCUT2D eigenvalue weighted by atomic mass is 10.0. The Labute approximate surface area is 429 Å². The minimum Gasteiger partial charge on any atom is -0.462 e. The molecule has 0 fully saturated rings. The first kappa shape index (κ1) is 68.0. The van der Waals surface area contributed by atoms with Gasteiger partial charge in [0.15, 0.2) is 6.10 Å². The van der Waals surface area contributed by atoms with E-state index in [1.54, 1.807) is 0 Å². The van der Waals surface area contributed by atoms with Crippen molar-refractivity contribution in [3.05, 3.63) is 24.3 Å². The van der Waals surface area contributed by atoms with Crippen molar-refractivity contribution in [1.82, 2.24) is 0 Å². The number of esters is 3. The van der Waals surface area contributed by atoms with Crippen LogP contribution in [0, 0.1) is 0 Å². The van der Waals surface area contributed by atoms with Crippen LogP contribution in [-0.4, -0.2) is 66.5 Å². The number of unbranched alkanes of at least 4 members (excludes halogenated alkanes) is 34. The molecule has 0 aliphatic heterocycles. The Morgan fingerprint density at radius 1 is 0.400 bits per heavy atom. The molecule has 12 heteroatoms. The maximum absolute atomic E-state index is 12.9. The van der Waals surface area contributed by atoms with Gasteiger partial charge in [0.05, 0.1) is 19.8 Å². The van der Waals surface area contributed by atoms with E-state index in [0.717, 1.165) is 83.5 Å². The number of allylic oxidation sites excluding steroid dienone is 4. The zero-order valence-electron chi connectivity index (χ0n) is 45.5. The smallest absolute Gasteiger partial charge is 0.462 e. The molecule has 412 valence electrons. The highest BCUT2D eigenvalue weighted by molar-refractivity contribution is 7.47. The number of ether oxygens (including phenoxy) is 3. The average molecular weight is 1010 g/mol. The predicted molar refractivity (Wildman–Crippen MR) is 289 cm³/mol. The number of phosphoric ester groups is 1. The van der Waals surface area contributed by atoms with Crippen molar-refractivity contribution in [2.45, 2.75) is 303 Å². The van der Waals surface area contributed by atoms with Crippen molar-refractivity contribution in [1.29, 1.82) is 0 Å². The van der Waals surface area contributed by atoms with Crippen LogP contribution in [0.25, 0.3) is 0 Å². The van der Waals surface area contributed by atoms with Crippen LogP contribution in [0.1, 0.15) is 290 Å². The Hall–Kier alpha value is -2.04. The van der Waals surface area contributed by atoms with Gasteiger partial charge in [0.1, 0.15) is 12.7 Å². The molecule has 0 aliphatic rings. The lowest BCUT2D eigenvalue weighted by molar-refractivity contribution is -0.161. The lowest BCUT2D eigenvalue weighted by Crippen LogP contribution is -2.30. The summed E-state index contributed by atoms with van der Waals surface area (Å²) in [6.45, 7) is 4.61. The molecule has 0 spiro atoms. The molecular weight excluding hydrogens is 904 g/mol.